The van der Waals surface area contributed by atoms with Gasteiger partial charge in [0.25, 0.3) is 0 Å². The van der Waals surface area contributed by atoms with Crippen LogP contribution in [-0.4, -0.2) is 29.1 Å². The van der Waals surface area contributed by atoms with Crippen molar-refractivity contribution in [3.8, 4) is 0 Å². The first-order valence-electron chi connectivity index (χ1n) is 7.47. The molecule has 0 aromatic heterocycles. The standard InChI is InChI=1S/C15H30N2/c1-5-13-8-7-12(2)17(13)15(11-16)10-6-9-14(15,3)4/h12-13H,5-11,16H2,1-4H3. The van der Waals surface area contributed by atoms with E-state index in [0.717, 1.165) is 18.6 Å². The SMILES string of the molecule is CCC1CCC(C)N1C1(CN)CCCC1(C)C. The van der Waals surface area contributed by atoms with Gasteiger partial charge < -0.3 is 5.73 Å². The van der Waals surface area contributed by atoms with E-state index >= 15 is 0 Å². The van der Waals surface area contributed by atoms with E-state index in [1.165, 1.54) is 38.5 Å². The van der Waals surface area contributed by atoms with E-state index in [9.17, 15) is 0 Å². The van der Waals surface area contributed by atoms with Gasteiger partial charge in [0.15, 0.2) is 0 Å². The Morgan fingerprint density at radius 2 is 1.94 bits per heavy atom. The summed E-state index contributed by atoms with van der Waals surface area (Å²) in [6, 6.07) is 1.49. The molecule has 1 saturated heterocycles. The van der Waals surface area contributed by atoms with Crippen LogP contribution in [0.5, 0.6) is 0 Å². The molecule has 0 aromatic carbocycles. The number of hydrogen-bond acceptors (Lipinski definition) is 2. The van der Waals surface area contributed by atoms with Crippen molar-refractivity contribution < 1.29 is 0 Å². The van der Waals surface area contributed by atoms with Crippen molar-refractivity contribution in [2.75, 3.05) is 6.54 Å². The molecule has 17 heavy (non-hydrogen) atoms. The zero-order valence-corrected chi connectivity index (χ0v) is 12.1. The van der Waals surface area contributed by atoms with Gasteiger partial charge in [0.05, 0.1) is 0 Å². The van der Waals surface area contributed by atoms with Crippen LogP contribution in [0.4, 0.5) is 0 Å². The van der Waals surface area contributed by atoms with Crippen molar-refractivity contribution in [3.63, 3.8) is 0 Å². The Kier molecular flexibility index (Phi) is 3.57. The summed E-state index contributed by atoms with van der Waals surface area (Å²) in [5.41, 5.74) is 6.91. The number of rotatable bonds is 3. The van der Waals surface area contributed by atoms with Gasteiger partial charge in [-0.25, -0.2) is 0 Å². The molecule has 0 amide bonds. The lowest BCUT2D eigenvalue weighted by molar-refractivity contribution is -0.0212. The van der Waals surface area contributed by atoms with Gasteiger partial charge in [-0.05, 0) is 44.4 Å². The van der Waals surface area contributed by atoms with E-state index in [0.29, 0.717) is 5.41 Å². The lowest BCUT2D eigenvalue weighted by atomic mass is 9.72. The van der Waals surface area contributed by atoms with Crippen molar-refractivity contribution in [3.05, 3.63) is 0 Å². The second-order valence-corrected chi connectivity index (χ2v) is 6.87. The molecular formula is C15H30N2. The van der Waals surface area contributed by atoms with Crippen LogP contribution < -0.4 is 5.73 Å². The summed E-state index contributed by atoms with van der Waals surface area (Å²) in [6.45, 7) is 10.4. The minimum Gasteiger partial charge on any atom is -0.329 e. The number of nitrogens with zero attached hydrogens (tertiary/aromatic N) is 1. The Morgan fingerprint density at radius 3 is 2.41 bits per heavy atom. The molecule has 1 saturated carbocycles. The second kappa shape index (κ2) is 4.55. The van der Waals surface area contributed by atoms with Crippen LogP contribution in [0.15, 0.2) is 0 Å². The summed E-state index contributed by atoms with van der Waals surface area (Å²) in [5, 5.41) is 0. The smallest absolute Gasteiger partial charge is 0.0388 e. The summed E-state index contributed by atoms with van der Waals surface area (Å²) < 4.78 is 0. The van der Waals surface area contributed by atoms with E-state index < -0.39 is 0 Å². The molecule has 2 nitrogen and oxygen atoms in total. The predicted molar refractivity (Wildman–Crippen MR) is 74.0 cm³/mol. The largest absolute Gasteiger partial charge is 0.329 e. The lowest BCUT2D eigenvalue weighted by Crippen LogP contribution is -2.63. The first kappa shape index (κ1) is 13.4. The van der Waals surface area contributed by atoms with Crippen molar-refractivity contribution >= 4 is 0 Å². The monoisotopic (exact) mass is 238 g/mol. The molecular weight excluding hydrogens is 208 g/mol. The van der Waals surface area contributed by atoms with Gasteiger partial charge in [-0.3, -0.25) is 4.90 Å². The number of hydrogen-bond donors (Lipinski definition) is 1. The molecule has 2 N–H and O–H groups in total. The van der Waals surface area contributed by atoms with Crippen molar-refractivity contribution in [1.29, 1.82) is 0 Å². The third-order valence-corrected chi connectivity index (χ3v) is 5.74. The molecule has 1 heterocycles. The van der Waals surface area contributed by atoms with Crippen LogP contribution >= 0.6 is 0 Å². The first-order valence-corrected chi connectivity index (χ1v) is 7.47. The molecule has 2 aliphatic rings. The Morgan fingerprint density at radius 1 is 1.24 bits per heavy atom. The van der Waals surface area contributed by atoms with Crippen LogP contribution in [-0.2, 0) is 0 Å². The maximum Gasteiger partial charge on any atom is 0.0388 e. The Hall–Kier alpha value is -0.0800. The van der Waals surface area contributed by atoms with Gasteiger partial charge in [0.1, 0.15) is 0 Å². The molecule has 2 rings (SSSR count). The molecule has 0 radical (unpaired) electrons. The van der Waals surface area contributed by atoms with Crippen molar-refractivity contribution in [2.24, 2.45) is 11.1 Å². The molecule has 2 heteroatoms. The zero-order valence-electron chi connectivity index (χ0n) is 12.1. The fourth-order valence-electron chi connectivity index (χ4n) is 4.60. The fraction of sp³-hybridized carbons (Fsp3) is 1.00. The molecule has 1 aliphatic carbocycles. The normalized spacial score (nSPS) is 42.2. The van der Waals surface area contributed by atoms with E-state index in [2.05, 4.69) is 32.6 Å². The Bertz CT molecular complexity index is 274. The molecule has 0 bridgehead atoms. The Labute approximate surface area is 107 Å². The van der Waals surface area contributed by atoms with Gasteiger partial charge >= 0.3 is 0 Å². The minimum absolute atomic E-state index is 0.267. The predicted octanol–water partition coefficient (Wildman–Crippen LogP) is 3.16. The number of likely N-dealkylation sites (tertiary alicyclic amines) is 1. The third-order valence-electron chi connectivity index (χ3n) is 5.74. The molecule has 0 spiro atoms. The molecule has 1 aliphatic heterocycles. The van der Waals surface area contributed by atoms with E-state index in [1.807, 2.05) is 0 Å². The third kappa shape index (κ3) is 1.84. The molecule has 3 atom stereocenters. The molecule has 0 aromatic rings. The van der Waals surface area contributed by atoms with Crippen molar-refractivity contribution in [1.82, 2.24) is 4.90 Å². The topological polar surface area (TPSA) is 29.3 Å². The highest BCUT2D eigenvalue weighted by atomic mass is 15.3. The molecule has 2 fully saturated rings. The lowest BCUT2D eigenvalue weighted by Gasteiger charge is -2.52. The van der Waals surface area contributed by atoms with E-state index in [-0.39, 0.29) is 5.54 Å². The highest BCUT2D eigenvalue weighted by Gasteiger charge is 2.55. The van der Waals surface area contributed by atoms with Crippen LogP contribution in [0.2, 0.25) is 0 Å². The summed E-state index contributed by atoms with van der Waals surface area (Å²) in [4.78, 5) is 2.82. The second-order valence-electron chi connectivity index (χ2n) is 6.87. The molecule has 3 unspecified atom stereocenters. The number of nitrogens with two attached hydrogens (primary N) is 1. The summed E-state index contributed by atoms with van der Waals surface area (Å²) in [7, 11) is 0. The average Bonchev–Trinajstić information content (AvgIpc) is 2.79. The van der Waals surface area contributed by atoms with Crippen LogP contribution in [0.1, 0.15) is 66.2 Å². The van der Waals surface area contributed by atoms with Gasteiger partial charge in [0, 0.05) is 24.2 Å². The van der Waals surface area contributed by atoms with Crippen LogP contribution in [0, 0.1) is 5.41 Å². The highest BCUT2D eigenvalue weighted by molar-refractivity contribution is 5.11. The Balaban J connectivity index is 2.34. The highest BCUT2D eigenvalue weighted by Crippen LogP contribution is 2.52. The summed E-state index contributed by atoms with van der Waals surface area (Å²) in [6.07, 6.45) is 8.00. The summed E-state index contributed by atoms with van der Waals surface area (Å²) >= 11 is 0. The summed E-state index contributed by atoms with van der Waals surface area (Å²) in [5.74, 6) is 0. The fourth-order valence-corrected chi connectivity index (χ4v) is 4.60. The van der Waals surface area contributed by atoms with E-state index in [4.69, 9.17) is 5.73 Å². The maximum atomic E-state index is 6.26. The maximum absolute atomic E-state index is 6.26. The first-order chi connectivity index (χ1) is 7.98. The molecule has 100 valence electrons. The zero-order chi connectivity index (χ0) is 12.7. The van der Waals surface area contributed by atoms with E-state index in [1.54, 1.807) is 0 Å². The van der Waals surface area contributed by atoms with Crippen LogP contribution in [0.25, 0.3) is 0 Å². The van der Waals surface area contributed by atoms with Crippen LogP contribution in [0.3, 0.4) is 0 Å². The van der Waals surface area contributed by atoms with Gasteiger partial charge in [-0.1, -0.05) is 27.2 Å². The average molecular weight is 238 g/mol. The van der Waals surface area contributed by atoms with Gasteiger partial charge in [-0.15, -0.1) is 0 Å². The van der Waals surface area contributed by atoms with Gasteiger partial charge in [-0.2, -0.15) is 0 Å². The van der Waals surface area contributed by atoms with Gasteiger partial charge in [0.2, 0.25) is 0 Å². The van der Waals surface area contributed by atoms with Crippen molar-refractivity contribution in [2.45, 2.75) is 83.8 Å². The quantitative estimate of drug-likeness (QED) is 0.818. The minimum atomic E-state index is 0.267.